The standard InChI is InChI=1S/C20H23F3N2O3/c1-5-27-17-10-7-13(11-18(17)28-6-2)19(26)24-16-9-8-14(25(3)4)12-15(16)20(21,22)23/h7-12H,5-6H2,1-4H3,(H,24,26). The van der Waals surface area contributed by atoms with Gasteiger partial charge >= 0.3 is 6.18 Å². The predicted molar refractivity (Wildman–Crippen MR) is 103 cm³/mol. The molecule has 28 heavy (non-hydrogen) atoms. The molecule has 0 saturated carbocycles. The first-order valence-corrected chi connectivity index (χ1v) is 8.76. The number of alkyl halides is 3. The van der Waals surface area contributed by atoms with Crippen molar-refractivity contribution in [1.82, 2.24) is 0 Å². The van der Waals surface area contributed by atoms with Gasteiger partial charge in [-0.2, -0.15) is 13.2 Å². The van der Waals surface area contributed by atoms with Crippen LogP contribution in [-0.4, -0.2) is 33.2 Å². The lowest BCUT2D eigenvalue weighted by molar-refractivity contribution is -0.136. The third kappa shape index (κ3) is 5.09. The van der Waals surface area contributed by atoms with Gasteiger partial charge in [0, 0.05) is 25.3 Å². The number of rotatable bonds is 7. The topological polar surface area (TPSA) is 50.8 Å². The van der Waals surface area contributed by atoms with Crippen molar-refractivity contribution in [3.8, 4) is 11.5 Å². The molecule has 5 nitrogen and oxygen atoms in total. The first-order chi connectivity index (χ1) is 13.2. The summed E-state index contributed by atoms with van der Waals surface area (Å²) in [5.74, 6) is 0.148. The number of amides is 1. The lowest BCUT2D eigenvalue weighted by Crippen LogP contribution is -2.18. The number of hydrogen-bond acceptors (Lipinski definition) is 4. The van der Waals surface area contributed by atoms with Crippen molar-refractivity contribution in [3.63, 3.8) is 0 Å². The zero-order chi connectivity index (χ0) is 20.9. The molecule has 0 unspecified atom stereocenters. The number of nitrogens with one attached hydrogen (secondary N) is 1. The van der Waals surface area contributed by atoms with Gasteiger partial charge in [0.1, 0.15) is 0 Å². The van der Waals surface area contributed by atoms with E-state index in [4.69, 9.17) is 9.47 Å². The van der Waals surface area contributed by atoms with Crippen LogP contribution in [0, 0.1) is 0 Å². The summed E-state index contributed by atoms with van der Waals surface area (Å²) >= 11 is 0. The minimum Gasteiger partial charge on any atom is -0.490 e. The summed E-state index contributed by atoms with van der Waals surface area (Å²) in [6, 6.07) is 8.24. The molecule has 0 aliphatic carbocycles. The Morgan fingerprint density at radius 2 is 1.64 bits per heavy atom. The van der Waals surface area contributed by atoms with Gasteiger partial charge in [-0.15, -0.1) is 0 Å². The van der Waals surface area contributed by atoms with E-state index in [-0.39, 0.29) is 11.3 Å². The maximum absolute atomic E-state index is 13.4. The Bertz CT molecular complexity index is 836. The molecule has 0 saturated heterocycles. The Morgan fingerprint density at radius 1 is 1.00 bits per heavy atom. The quantitative estimate of drug-likeness (QED) is 0.729. The molecule has 0 radical (unpaired) electrons. The molecule has 2 aromatic carbocycles. The van der Waals surface area contributed by atoms with Crippen molar-refractivity contribution < 1.29 is 27.4 Å². The number of halogens is 3. The van der Waals surface area contributed by atoms with Crippen LogP contribution in [0.3, 0.4) is 0 Å². The van der Waals surface area contributed by atoms with Gasteiger partial charge in [0.2, 0.25) is 0 Å². The summed E-state index contributed by atoms with van der Waals surface area (Å²) < 4.78 is 51.2. The highest BCUT2D eigenvalue weighted by Crippen LogP contribution is 2.37. The molecule has 0 heterocycles. The number of nitrogens with zero attached hydrogens (tertiary/aromatic N) is 1. The third-order valence-corrected chi connectivity index (χ3v) is 3.88. The normalized spacial score (nSPS) is 11.1. The number of benzene rings is 2. The first kappa shape index (κ1) is 21.4. The van der Waals surface area contributed by atoms with Crippen LogP contribution in [0.4, 0.5) is 24.5 Å². The van der Waals surface area contributed by atoms with E-state index < -0.39 is 17.6 Å². The van der Waals surface area contributed by atoms with Crippen LogP contribution in [0.5, 0.6) is 11.5 Å². The summed E-state index contributed by atoms with van der Waals surface area (Å²) in [4.78, 5) is 14.1. The van der Waals surface area contributed by atoms with E-state index in [1.54, 1.807) is 32.0 Å². The smallest absolute Gasteiger partial charge is 0.418 e. The SMILES string of the molecule is CCOc1ccc(C(=O)Nc2ccc(N(C)C)cc2C(F)(F)F)cc1OCC. The second-order valence-electron chi connectivity index (χ2n) is 6.10. The van der Waals surface area contributed by atoms with Crippen molar-refractivity contribution >= 4 is 17.3 Å². The number of hydrogen-bond donors (Lipinski definition) is 1. The number of carbonyl (C=O) groups excluding carboxylic acids is 1. The Balaban J connectivity index is 2.35. The first-order valence-electron chi connectivity index (χ1n) is 8.76. The minimum atomic E-state index is -4.61. The Morgan fingerprint density at radius 3 is 2.21 bits per heavy atom. The van der Waals surface area contributed by atoms with Crippen molar-refractivity contribution in [2.75, 3.05) is 37.5 Å². The highest BCUT2D eigenvalue weighted by molar-refractivity contribution is 6.05. The fourth-order valence-corrected chi connectivity index (χ4v) is 2.54. The molecule has 0 aliphatic heterocycles. The fraction of sp³-hybridized carbons (Fsp3) is 0.350. The van der Waals surface area contributed by atoms with Crippen LogP contribution in [0.1, 0.15) is 29.8 Å². The van der Waals surface area contributed by atoms with E-state index in [1.165, 1.54) is 24.3 Å². The zero-order valence-electron chi connectivity index (χ0n) is 16.2. The monoisotopic (exact) mass is 396 g/mol. The van der Waals surface area contributed by atoms with Gasteiger partial charge in [0.15, 0.2) is 11.5 Å². The Hall–Kier alpha value is -2.90. The van der Waals surface area contributed by atoms with Crippen LogP contribution < -0.4 is 19.7 Å². The molecule has 0 fully saturated rings. The summed E-state index contributed by atoms with van der Waals surface area (Å²) in [5.41, 5.74) is -0.681. The molecule has 152 valence electrons. The summed E-state index contributed by atoms with van der Waals surface area (Å²) in [6.45, 7) is 4.37. The highest BCUT2D eigenvalue weighted by Gasteiger charge is 2.34. The van der Waals surface area contributed by atoms with E-state index in [0.717, 1.165) is 6.07 Å². The Kier molecular flexibility index (Phi) is 6.77. The molecular weight excluding hydrogens is 373 g/mol. The van der Waals surface area contributed by atoms with Crippen LogP contribution in [0.25, 0.3) is 0 Å². The van der Waals surface area contributed by atoms with Crippen LogP contribution >= 0.6 is 0 Å². The van der Waals surface area contributed by atoms with Crippen molar-refractivity contribution in [2.45, 2.75) is 20.0 Å². The molecule has 0 spiro atoms. The van der Waals surface area contributed by atoms with Gasteiger partial charge in [-0.3, -0.25) is 4.79 Å². The predicted octanol–water partition coefficient (Wildman–Crippen LogP) is 4.82. The van der Waals surface area contributed by atoms with E-state index in [0.29, 0.717) is 30.4 Å². The molecular formula is C20H23F3N2O3. The van der Waals surface area contributed by atoms with Gasteiger partial charge in [-0.25, -0.2) is 0 Å². The molecule has 0 bridgehead atoms. The molecule has 2 rings (SSSR count). The molecule has 0 atom stereocenters. The number of anilines is 2. The number of carbonyl (C=O) groups is 1. The maximum atomic E-state index is 13.4. The summed E-state index contributed by atoms with van der Waals surface area (Å²) in [6.07, 6.45) is -4.61. The van der Waals surface area contributed by atoms with Crippen LogP contribution in [0.15, 0.2) is 36.4 Å². The van der Waals surface area contributed by atoms with Gasteiger partial charge in [0.05, 0.1) is 24.5 Å². The van der Waals surface area contributed by atoms with E-state index >= 15 is 0 Å². The fourth-order valence-electron chi connectivity index (χ4n) is 2.54. The molecule has 0 aliphatic rings. The summed E-state index contributed by atoms with van der Waals surface area (Å²) in [5, 5.41) is 2.35. The molecule has 1 N–H and O–H groups in total. The second kappa shape index (κ2) is 8.86. The molecule has 0 aromatic heterocycles. The van der Waals surface area contributed by atoms with Gasteiger partial charge in [-0.1, -0.05) is 0 Å². The van der Waals surface area contributed by atoms with Crippen molar-refractivity contribution in [2.24, 2.45) is 0 Å². The van der Waals surface area contributed by atoms with Gasteiger partial charge < -0.3 is 19.7 Å². The molecule has 2 aromatic rings. The van der Waals surface area contributed by atoms with E-state index in [1.807, 2.05) is 6.92 Å². The zero-order valence-corrected chi connectivity index (χ0v) is 16.2. The highest BCUT2D eigenvalue weighted by atomic mass is 19.4. The van der Waals surface area contributed by atoms with E-state index in [2.05, 4.69) is 5.32 Å². The average Bonchev–Trinajstić information content (AvgIpc) is 2.62. The van der Waals surface area contributed by atoms with Gasteiger partial charge in [0.25, 0.3) is 5.91 Å². The Labute approximate surface area is 162 Å². The molecule has 1 amide bonds. The minimum absolute atomic E-state index is 0.164. The van der Waals surface area contributed by atoms with Crippen LogP contribution in [0.2, 0.25) is 0 Å². The van der Waals surface area contributed by atoms with Crippen molar-refractivity contribution in [3.05, 3.63) is 47.5 Å². The van der Waals surface area contributed by atoms with Crippen molar-refractivity contribution in [1.29, 1.82) is 0 Å². The second-order valence-corrected chi connectivity index (χ2v) is 6.10. The summed E-state index contributed by atoms with van der Waals surface area (Å²) in [7, 11) is 3.28. The molecule has 8 heteroatoms. The average molecular weight is 396 g/mol. The number of ether oxygens (including phenoxy) is 2. The van der Waals surface area contributed by atoms with Gasteiger partial charge in [-0.05, 0) is 50.2 Å². The van der Waals surface area contributed by atoms with E-state index in [9.17, 15) is 18.0 Å². The maximum Gasteiger partial charge on any atom is 0.418 e. The largest absolute Gasteiger partial charge is 0.490 e. The lowest BCUT2D eigenvalue weighted by Gasteiger charge is -2.19. The third-order valence-electron chi connectivity index (χ3n) is 3.88. The van der Waals surface area contributed by atoms with Crippen LogP contribution in [-0.2, 0) is 6.18 Å². The lowest BCUT2D eigenvalue weighted by atomic mass is 10.1.